The fourth-order valence-electron chi connectivity index (χ4n) is 2.53. The van der Waals surface area contributed by atoms with Crippen LogP contribution in [0.4, 0.5) is 0 Å². The van der Waals surface area contributed by atoms with E-state index in [1.165, 1.54) is 0 Å². The Labute approximate surface area is 131 Å². The number of para-hydroxylation sites is 1. The second-order valence-corrected chi connectivity index (χ2v) is 5.50. The zero-order valence-corrected chi connectivity index (χ0v) is 13.6. The van der Waals surface area contributed by atoms with Crippen LogP contribution in [-0.4, -0.2) is 34.8 Å². The van der Waals surface area contributed by atoms with E-state index in [1.807, 2.05) is 25.2 Å². The number of hydrogen-bond acceptors (Lipinski definition) is 5. The zero-order chi connectivity index (χ0) is 14.8. The summed E-state index contributed by atoms with van der Waals surface area (Å²) in [6, 6.07) is 5.88. The van der Waals surface area contributed by atoms with Gasteiger partial charge in [-0.25, -0.2) is 4.68 Å². The van der Waals surface area contributed by atoms with Crippen LogP contribution in [0.2, 0.25) is 0 Å². The molecule has 1 aliphatic heterocycles. The number of benzene rings is 1. The van der Waals surface area contributed by atoms with Crippen molar-refractivity contribution in [3.63, 3.8) is 0 Å². The van der Waals surface area contributed by atoms with Gasteiger partial charge in [0.1, 0.15) is 13.2 Å². The molecule has 3 rings (SSSR count). The molecule has 0 fully saturated rings. The van der Waals surface area contributed by atoms with Crippen molar-refractivity contribution in [2.75, 3.05) is 19.8 Å². The van der Waals surface area contributed by atoms with Crippen molar-refractivity contribution >= 4 is 15.9 Å². The van der Waals surface area contributed by atoms with Crippen molar-refractivity contribution in [1.82, 2.24) is 20.3 Å². The smallest absolute Gasteiger partial charge is 0.166 e. The van der Waals surface area contributed by atoms with E-state index in [-0.39, 0.29) is 6.04 Å². The lowest BCUT2D eigenvalue weighted by Gasteiger charge is -2.25. The summed E-state index contributed by atoms with van der Waals surface area (Å²) in [5, 5.41) is 11.6. The Balaban J connectivity index is 2.10. The molecular formula is C14H17BrN4O2. The van der Waals surface area contributed by atoms with Crippen LogP contribution in [0.5, 0.6) is 11.5 Å². The van der Waals surface area contributed by atoms with Gasteiger partial charge in [-0.15, -0.1) is 5.10 Å². The summed E-state index contributed by atoms with van der Waals surface area (Å²) < 4.78 is 14.0. The third kappa shape index (κ3) is 2.63. The van der Waals surface area contributed by atoms with E-state index in [9.17, 15) is 0 Å². The van der Waals surface area contributed by atoms with Gasteiger partial charge in [0.2, 0.25) is 0 Å². The van der Waals surface area contributed by atoms with Gasteiger partial charge in [-0.3, -0.25) is 0 Å². The van der Waals surface area contributed by atoms with Gasteiger partial charge in [-0.05, 0) is 28.5 Å². The summed E-state index contributed by atoms with van der Waals surface area (Å²) in [7, 11) is 1.88. The lowest BCUT2D eigenvalue weighted by Crippen LogP contribution is -2.26. The van der Waals surface area contributed by atoms with Crippen LogP contribution < -0.4 is 14.8 Å². The summed E-state index contributed by atoms with van der Waals surface area (Å²) >= 11 is 3.47. The molecule has 1 N–H and O–H groups in total. The van der Waals surface area contributed by atoms with Gasteiger partial charge >= 0.3 is 0 Å². The minimum atomic E-state index is -0.0685. The van der Waals surface area contributed by atoms with E-state index in [4.69, 9.17) is 9.47 Å². The topological polar surface area (TPSA) is 61.2 Å². The Morgan fingerprint density at radius 2 is 2.19 bits per heavy atom. The summed E-state index contributed by atoms with van der Waals surface area (Å²) in [5.74, 6) is 1.58. The molecule has 1 unspecified atom stereocenters. The molecule has 1 atom stereocenters. The van der Waals surface area contributed by atoms with Crippen LogP contribution in [0.3, 0.4) is 0 Å². The monoisotopic (exact) mass is 352 g/mol. The highest BCUT2D eigenvalue weighted by Gasteiger charge is 2.27. The van der Waals surface area contributed by atoms with Gasteiger partial charge in [0.15, 0.2) is 16.1 Å². The number of nitrogens with one attached hydrogen (secondary N) is 1. The van der Waals surface area contributed by atoms with Gasteiger partial charge in [-0.1, -0.05) is 24.3 Å². The maximum Gasteiger partial charge on any atom is 0.166 e. The van der Waals surface area contributed by atoms with Crippen LogP contribution >= 0.6 is 15.9 Å². The lowest BCUT2D eigenvalue weighted by molar-refractivity contribution is 0.169. The minimum Gasteiger partial charge on any atom is -0.486 e. The first kappa shape index (κ1) is 14.3. The molecule has 0 aliphatic carbocycles. The van der Waals surface area contributed by atoms with Crippen molar-refractivity contribution in [2.45, 2.75) is 13.0 Å². The van der Waals surface area contributed by atoms with Crippen LogP contribution in [-0.2, 0) is 7.05 Å². The maximum atomic E-state index is 5.83. The molecule has 2 heterocycles. The first-order valence-electron chi connectivity index (χ1n) is 6.89. The molecule has 0 radical (unpaired) electrons. The summed E-state index contributed by atoms with van der Waals surface area (Å²) in [4.78, 5) is 0. The highest BCUT2D eigenvalue weighted by atomic mass is 79.9. The van der Waals surface area contributed by atoms with Crippen molar-refractivity contribution in [3.8, 4) is 11.5 Å². The summed E-state index contributed by atoms with van der Waals surface area (Å²) in [6.07, 6.45) is 0. The van der Waals surface area contributed by atoms with E-state index in [0.717, 1.165) is 33.9 Å². The lowest BCUT2D eigenvalue weighted by atomic mass is 10.0. The molecule has 7 heteroatoms. The van der Waals surface area contributed by atoms with E-state index >= 15 is 0 Å². The summed E-state index contributed by atoms with van der Waals surface area (Å²) in [5.41, 5.74) is 1.99. The largest absolute Gasteiger partial charge is 0.486 e. The van der Waals surface area contributed by atoms with Crippen LogP contribution in [0.1, 0.15) is 24.2 Å². The van der Waals surface area contributed by atoms with Crippen LogP contribution in [0.25, 0.3) is 0 Å². The van der Waals surface area contributed by atoms with Gasteiger partial charge in [0.25, 0.3) is 0 Å². The fraction of sp³-hybridized carbons (Fsp3) is 0.429. The van der Waals surface area contributed by atoms with Crippen molar-refractivity contribution in [3.05, 3.63) is 34.1 Å². The molecule has 112 valence electrons. The molecule has 2 aromatic rings. The molecule has 1 aromatic carbocycles. The SMILES string of the molecule is CCNC(c1cccc2c1OCCO2)c1c(Br)nnn1C. The van der Waals surface area contributed by atoms with Crippen molar-refractivity contribution < 1.29 is 9.47 Å². The molecule has 6 nitrogen and oxygen atoms in total. The number of ether oxygens (including phenoxy) is 2. The van der Waals surface area contributed by atoms with Gasteiger partial charge < -0.3 is 14.8 Å². The number of fused-ring (bicyclic) bond motifs is 1. The Morgan fingerprint density at radius 3 is 2.90 bits per heavy atom. The van der Waals surface area contributed by atoms with Crippen LogP contribution in [0, 0.1) is 0 Å². The Hall–Kier alpha value is -1.60. The third-order valence-corrected chi connectivity index (χ3v) is 3.98. The molecule has 21 heavy (non-hydrogen) atoms. The number of nitrogens with zero attached hydrogens (tertiary/aromatic N) is 3. The molecule has 0 saturated heterocycles. The quantitative estimate of drug-likeness (QED) is 0.912. The minimum absolute atomic E-state index is 0.0685. The van der Waals surface area contributed by atoms with Gasteiger partial charge in [0.05, 0.1) is 11.7 Å². The first-order valence-corrected chi connectivity index (χ1v) is 7.68. The van der Waals surface area contributed by atoms with E-state index < -0.39 is 0 Å². The van der Waals surface area contributed by atoms with E-state index in [2.05, 4.69) is 38.5 Å². The number of hydrogen-bond donors (Lipinski definition) is 1. The predicted octanol–water partition coefficient (Wildman–Crippen LogP) is 2.05. The Kier molecular flexibility index (Phi) is 4.12. The molecular weight excluding hydrogens is 336 g/mol. The van der Waals surface area contributed by atoms with E-state index in [1.54, 1.807) is 4.68 Å². The normalized spacial score (nSPS) is 15.0. The van der Waals surface area contributed by atoms with E-state index in [0.29, 0.717) is 13.2 Å². The Bertz CT molecular complexity index is 624. The number of aryl methyl sites for hydroxylation is 1. The zero-order valence-electron chi connectivity index (χ0n) is 12.0. The molecule has 1 aromatic heterocycles. The molecule has 1 aliphatic rings. The predicted molar refractivity (Wildman–Crippen MR) is 81.7 cm³/mol. The molecule has 0 bridgehead atoms. The number of rotatable bonds is 4. The van der Waals surface area contributed by atoms with Crippen LogP contribution in [0.15, 0.2) is 22.8 Å². The second kappa shape index (κ2) is 6.03. The second-order valence-electron chi connectivity index (χ2n) is 4.75. The number of aromatic nitrogens is 3. The van der Waals surface area contributed by atoms with Gasteiger partial charge in [0, 0.05) is 12.6 Å². The fourth-order valence-corrected chi connectivity index (χ4v) is 3.08. The maximum absolute atomic E-state index is 5.83. The Morgan fingerprint density at radius 1 is 1.38 bits per heavy atom. The highest BCUT2D eigenvalue weighted by Crippen LogP contribution is 2.39. The standard InChI is InChI=1S/C14H17BrN4O2/c1-3-16-11(12-14(15)17-18-19(12)2)9-5-4-6-10-13(9)21-8-7-20-10/h4-6,11,16H,3,7-8H2,1-2H3. The average Bonchev–Trinajstić information content (AvgIpc) is 2.84. The molecule has 0 spiro atoms. The molecule has 0 amide bonds. The first-order chi connectivity index (χ1) is 10.2. The highest BCUT2D eigenvalue weighted by molar-refractivity contribution is 9.10. The average molecular weight is 353 g/mol. The van der Waals surface area contributed by atoms with Crippen molar-refractivity contribution in [1.29, 1.82) is 0 Å². The third-order valence-electron chi connectivity index (χ3n) is 3.42. The van der Waals surface area contributed by atoms with Gasteiger partial charge in [-0.2, -0.15) is 0 Å². The number of halogens is 1. The molecule has 0 saturated carbocycles. The van der Waals surface area contributed by atoms with Crippen molar-refractivity contribution in [2.24, 2.45) is 7.05 Å². The summed E-state index contributed by atoms with van der Waals surface area (Å²) in [6.45, 7) is 4.03.